The highest BCUT2D eigenvalue weighted by atomic mass is 32.1. The fourth-order valence-electron chi connectivity index (χ4n) is 7.06. The highest BCUT2D eigenvalue weighted by molar-refractivity contribution is 7.79. The number of thiocarbonyl (C=S) groups is 1. The second-order valence-corrected chi connectivity index (χ2v) is 10.5. The van der Waals surface area contributed by atoms with E-state index in [1.54, 1.807) is 37.3 Å². The maximum Gasteiger partial charge on any atom is 0.358 e. The summed E-state index contributed by atoms with van der Waals surface area (Å²) in [6.07, 6.45) is -8.60. The Bertz CT molecular complexity index is 1020. The molecule has 5 rings (SSSR count). The lowest BCUT2D eigenvalue weighted by Gasteiger charge is -2.52. The summed E-state index contributed by atoms with van der Waals surface area (Å²) < 4.78 is 28.5. The highest BCUT2D eigenvalue weighted by Gasteiger charge is 2.88. The van der Waals surface area contributed by atoms with E-state index in [0.717, 1.165) is 0 Å². The van der Waals surface area contributed by atoms with Gasteiger partial charge in [0, 0.05) is 24.1 Å². The lowest BCUT2D eigenvalue weighted by Crippen LogP contribution is -2.66. The standard InChI is InChI=1S/C24H30O11S/c1-11-15-16(34-18(11)28)17(27)22(2)23(8-12(26)10-31-20(30)24(15,22)35-19(23)29)14(9-25)33-21(36)32-13-6-4-3-5-7-13/h3-7,11-12,14-19,25-29H,8-10H2,1-2H3/t11-,12+,14-,15?,16?,17-,18?,19?,22?,23?,24?/m0/s1. The predicted octanol–water partition coefficient (Wildman–Crippen LogP) is -0.540. The van der Waals surface area contributed by atoms with Crippen molar-refractivity contribution in [2.75, 3.05) is 13.2 Å². The molecule has 2 bridgehead atoms. The quantitative estimate of drug-likeness (QED) is 0.252. The fourth-order valence-corrected chi connectivity index (χ4v) is 7.28. The normalized spacial score (nSPS) is 46.2. The third-order valence-corrected chi connectivity index (χ3v) is 8.90. The summed E-state index contributed by atoms with van der Waals surface area (Å²) in [6, 6.07) is 8.52. The van der Waals surface area contributed by atoms with Gasteiger partial charge in [-0.05, 0) is 18.6 Å². The van der Waals surface area contributed by atoms with Crippen LogP contribution < -0.4 is 4.74 Å². The first-order chi connectivity index (χ1) is 17.0. The van der Waals surface area contributed by atoms with Gasteiger partial charge in [-0.2, -0.15) is 0 Å². The second kappa shape index (κ2) is 8.84. The van der Waals surface area contributed by atoms with Crippen molar-refractivity contribution in [2.24, 2.45) is 22.7 Å². The first-order valence-corrected chi connectivity index (χ1v) is 12.2. The van der Waals surface area contributed by atoms with E-state index in [1.807, 2.05) is 0 Å². The molecule has 4 fully saturated rings. The van der Waals surface area contributed by atoms with E-state index in [9.17, 15) is 30.3 Å². The third kappa shape index (κ3) is 3.16. The number of fused-ring (bicyclic) bond motifs is 1. The van der Waals surface area contributed by atoms with Gasteiger partial charge in [-0.1, -0.05) is 32.0 Å². The minimum absolute atomic E-state index is 0.285. The van der Waals surface area contributed by atoms with Crippen LogP contribution in [0.3, 0.4) is 0 Å². The number of rotatable bonds is 4. The topological polar surface area (TPSA) is 164 Å². The Morgan fingerprint density at radius 3 is 2.58 bits per heavy atom. The van der Waals surface area contributed by atoms with Crippen LogP contribution in [0.4, 0.5) is 0 Å². The molecule has 11 atom stereocenters. The molecule has 5 N–H and O–H groups in total. The van der Waals surface area contributed by atoms with Crippen LogP contribution in [0.15, 0.2) is 30.3 Å². The molecule has 1 aromatic carbocycles. The van der Waals surface area contributed by atoms with Crippen molar-refractivity contribution < 1.29 is 54.0 Å². The van der Waals surface area contributed by atoms with Crippen LogP contribution >= 0.6 is 12.2 Å². The molecule has 198 valence electrons. The summed E-state index contributed by atoms with van der Waals surface area (Å²) in [5.41, 5.74) is -5.47. The van der Waals surface area contributed by atoms with Gasteiger partial charge in [0.15, 0.2) is 18.2 Å². The first kappa shape index (κ1) is 25.7. The maximum atomic E-state index is 13.6. The van der Waals surface area contributed by atoms with Crippen LogP contribution in [0, 0.1) is 22.7 Å². The largest absolute Gasteiger partial charge is 0.461 e. The van der Waals surface area contributed by atoms with Crippen molar-refractivity contribution >= 4 is 23.4 Å². The fraction of sp³-hybridized carbons (Fsp3) is 0.667. The van der Waals surface area contributed by atoms with Crippen molar-refractivity contribution in [2.45, 2.75) is 62.9 Å². The van der Waals surface area contributed by atoms with E-state index in [0.29, 0.717) is 5.75 Å². The third-order valence-electron chi connectivity index (χ3n) is 8.72. The number of aliphatic hydroxyl groups is 5. The summed E-state index contributed by atoms with van der Waals surface area (Å²) in [4.78, 5) is 13.6. The lowest BCUT2D eigenvalue weighted by molar-refractivity contribution is -0.218. The number of hydrogen-bond donors (Lipinski definition) is 5. The monoisotopic (exact) mass is 526 g/mol. The molecule has 0 radical (unpaired) electrons. The van der Waals surface area contributed by atoms with Crippen LogP contribution in [-0.2, 0) is 23.7 Å². The molecule has 4 aliphatic rings. The number of benzene rings is 1. The zero-order chi connectivity index (χ0) is 26.0. The SMILES string of the molecule is C[C@@H]1C(O)OC2C1C13OC(O)C([C@H](CO)OC(=S)Oc4ccccc4)(C[C@@H](O)COC1=O)C3(C)[C@H]2O. The van der Waals surface area contributed by atoms with Crippen molar-refractivity contribution in [1.29, 1.82) is 0 Å². The smallest absolute Gasteiger partial charge is 0.358 e. The Hall–Kier alpha value is -1.90. The molecular formula is C24H30O11S. The molecule has 0 amide bonds. The van der Waals surface area contributed by atoms with Gasteiger partial charge in [0.1, 0.15) is 18.5 Å². The van der Waals surface area contributed by atoms with Crippen LogP contribution in [0.1, 0.15) is 20.3 Å². The van der Waals surface area contributed by atoms with Crippen molar-refractivity contribution in [3.8, 4) is 5.75 Å². The number of aliphatic hydroxyl groups excluding tert-OH is 5. The van der Waals surface area contributed by atoms with E-state index < -0.39 is 84.4 Å². The van der Waals surface area contributed by atoms with Gasteiger partial charge in [0.05, 0.1) is 35.7 Å². The zero-order valence-electron chi connectivity index (χ0n) is 19.7. The van der Waals surface area contributed by atoms with Gasteiger partial charge in [-0.3, -0.25) is 0 Å². The number of carbonyl (C=O) groups excluding carboxylic acids is 1. The van der Waals surface area contributed by atoms with Gasteiger partial charge in [-0.15, -0.1) is 0 Å². The minimum Gasteiger partial charge on any atom is -0.461 e. The summed E-state index contributed by atoms with van der Waals surface area (Å²) in [5, 5.41) is 54.4. The molecule has 0 aromatic heterocycles. The average molecular weight is 527 g/mol. The van der Waals surface area contributed by atoms with E-state index in [1.165, 1.54) is 6.92 Å². The maximum absolute atomic E-state index is 13.6. The number of cyclic esters (lactones) is 1. The minimum atomic E-state index is -1.98. The number of ether oxygens (including phenoxy) is 5. The number of para-hydroxylation sites is 1. The van der Waals surface area contributed by atoms with Crippen molar-refractivity contribution in [1.82, 2.24) is 0 Å². The Morgan fingerprint density at radius 2 is 1.92 bits per heavy atom. The predicted molar refractivity (Wildman–Crippen MR) is 123 cm³/mol. The van der Waals surface area contributed by atoms with Crippen LogP contribution in [-0.4, -0.2) is 92.5 Å². The Morgan fingerprint density at radius 1 is 1.22 bits per heavy atom. The summed E-state index contributed by atoms with van der Waals surface area (Å²) in [7, 11) is 0. The molecule has 3 aliphatic heterocycles. The molecule has 12 heteroatoms. The molecule has 1 aliphatic carbocycles. The van der Waals surface area contributed by atoms with Gasteiger partial charge in [0.2, 0.25) is 0 Å². The second-order valence-electron chi connectivity index (χ2n) is 10.2. The van der Waals surface area contributed by atoms with E-state index in [4.69, 9.17) is 35.9 Å². The molecule has 36 heavy (non-hydrogen) atoms. The lowest BCUT2D eigenvalue weighted by atomic mass is 9.52. The molecule has 1 aromatic rings. The Labute approximate surface area is 212 Å². The van der Waals surface area contributed by atoms with Crippen molar-refractivity contribution in [3.63, 3.8) is 0 Å². The van der Waals surface area contributed by atoms with Crippen LogP contribution in [0.5, 0.6) is 5.75 Å². The molecule has 0 spiro atoms. The average Bonchev–Trinajstić information content (AvgIpc) is 3.33. The van der Waals surface area contributed by atoms with E-state index in [2.05, 4.69) is 0 Å². The number of hydrogen-bond acceptors (Lipinski definition) is 12. The molecule has 7 unspecified atom stereocenters. The van der Waals surface area contributed by atoms with Crippen LogP contribution in [0.2, 0.25) is 0 Å². The van der Waals surface area contributed by atoms with Gasteiger partial charge >= 0.3 is 11.2 Å². The summed E-state index contributed by atoms with van der Waals surface area (Å²) >= 11 is 5.26. The van der Waals surface area contributed by atoms with Gasteiger partial charge < -0.3 is 49.2 Å². The van der Waals surface area contributed by atoms with Crippen molar-refractivity contribution in [3.05, 3.63) is 30.3 Å². The number of carbonyl (C=O) groups is 1. The molecule has 1 saturated carbocycles. The molecule has 11 nitrogen and oxygen atoms in total. The molecule has 3 saturated heterocycles. The Balaban J connectivity index is 1.61. The van der Waals surface area contributed by atoms with Crippen LogP contribution in [0.25, 0.3) is 0 Å². The molecule has 3 heterocycles. The highest BCUT2D eigenvalue weighted by Crippen LogP contribution is 2.73. The van der Waals surface area contributed by atoms with Gasteiger partial charge in [0.25, 0.3) is 0 Å². The summed E-state index contributed by atoms with van der Waals surface area (Å²) in [5.74, 6) is -2.13. The zero-order valence-corrected chi connectivity index (χ0v) is 20.5. The van der Waals surface area contributed by atoms with E-state index in [-0.39, 0.29) is 11.7 Å². The number of esters is 1. The van der Waals surface area contributed by atoms with E-state index >= 15 is 0 Å². The Kier molecular flexibility index (Phi) is 6.32. The van der Waals surface area contributed by atoms with Gasteiger partial charge in [-0.25, -0.2) is 4.79 Å². The summed E-state index contributed by atoms with van der Waals surface area (Å²) in [6.45, 7) is 2.01. The molecular weight excluding hydrogens is 496 g/mol. The first-order valence-electron chi connectivity index (χ1n) is 11.8.